The molecule has 0 aliphatic carbocycles. The predicted octanol–water partition coefficient (Wildman–Crippen LogP) is 1.17. The van der Waals surface area contributed by atoms with Crippen LogP contribution in [0.4, 0.5) is 5.82 Å². The van der Waals surface area contributed by atoms with Gasteiger partial charge in [0.2, 0.25) is 0 Å². The minimum atomic E-state index is -0.722. The van der Waals surface area contributed by atoms with E-state index in [1.54, 1.807) is 10.7 Å². The molecular formula is C14H16N4O2. The molecule has 1 aromatic carbocycles. The van der Waals surface area contributed by atoms with Crippen LogP contribution >= 0.6 is 0 Å². The smallest absolute Gasteiger partial charge is 0.314 e. The van der Waals surface area contributed by atoms with Crippen molar-refractivity contribution in [2.45, 2.75) is 13.8 Å². The fraction of sp³-hybridized carbons (Fsp3) is 0.214. The normalized spacial score (nSPS) is 10.2. The maximum absolute atomic E-state index is 11.6. The van der Waals surface area contributed by atoms with Gasteiger partial charge < -0.3 is 10.6 Å². The maximum Gasteiger partial charge on any atom is 0.314 e. The second-order valence-corrected chi connectivity index (χ2v) is 4.45. The van der Waals surface area contributed by atoms with Crippen molar-refractivity contribution in [3.05, 3.63) is 41.6 Å². The minimum absolute atomic E-state index is 0.458. The molecule has 0 saturated carbocycles. The summed E-state index contributed by atoms with van der Waals surface area (Å²) in [5.41, 5.74) is 2.70. The Bertz CT molecular complexity index is 644. The number of benzene rings is 1. The molecule has 0 radical (unpaired) electrons. The zero-order chi connectivity index (χ0) is 14.7. The monoisotopic (exact) mass is 272 g/mol. The van der Waals surface area contributed by atoms with Crippen LogP contribution in [0.3, 0.4) is 0 Å². The Labute approximate surface area is 116 Å². The van der Waals surface area contributed by atoms with E-state index in [2.05, 4.69) is 15.7 Å². The van der Waals surface area contributed by atoms with Crippen molar-refractivity contribution in [2.24, 2.45) is 0 Å². The molecule has 20 heavy (non-hydrogen) atoms. The second-order valence-electron chi connectivity index (χ2n) is 4.45. The molecular weight excluding hydrogens is 256 g/mol. The van der Waals surface area contributed by atoms with Gasteiger partial charge in [-0.05, 0) is 26.0 Å². The highest BCUT2D eigenvalue weighted by Gasteiger charge is 2.15. The molecule has 0 atom stereocenters. The molecule has 0 aliphatic rings. The molecule has 6 heteroatoms. The molecule has 0 fully saturated rings. The Kier molecular flexibility index (Phi) is 3.84. The van der Waals surface area contributed by atoms with Crippen LogP contribution in [0.5, 0.6) is 0 Å². The largest absolute Gasteiger partial charge is 0.351 e. The van der Waals surface area contributed by atoms with E-state index < -0.39 is 11.8 Å². The van der Waals surface area contributed by atoms with Crippen LogP contribution in [-0.4, -0.2) is 28.6 Å². The highest BCUT2D eigenvalue weighted by molar-refractivity contribution is 6.39. The van der Waals surface area contributed by atoms with Gasteiger partial charge in [0.25, 0.3) is 0 Å². The maximum atomic E-state index is 11.6. The number of nitrogens with one attached hydrogen (secondary N) is 2. The lowest BCUT2D eigenvalue weighted by molar-refractivity contribution is -0.135. The molecule has 0 unspecified atom stereocenters. The van der Waals surface area contributed by atoms with Crippen LogP contribution in [0.1, 0.15) is 11.3 Å². The van der Waals surface area contributed by atoms with Crippen molar-refractivity contribution < 1.29 is 9.59 Å². The number of nitrogens with zero attached hydrogens (tertiary/aromatic N) is 2. The van der Waals surface area contributed by atoms with Gasteiger partial charge in [-0.1, -0.05) is 17.7 Å². The number of likely N-dealkylation sites (N-methyl/N-ethyl adjacent to an activating group) is 1. The third-order valence-corrected chi connectivity index (χ3v) is 2.78. The molecule has 6 nitrogen and oxygen atoms in total. The number of hydrogen-bond acceptors (Lipinski definition) is 3. The van der Waals surface area contributed by atoms with Crippen LogP contribution < -0.4 is 10.6 Å². The Morgan fingerprint density at radius 3 is 2.35 bits per heavy atom. The molecule has 2 amide bonds. The number of aromatic nitrogens is 2. The average Bonchev–Trinajstić information content (AvgIpc) is 2.79. The van der Waals surface area contributed by atoms with E-state index in [0.29, 0.717) is 5.82 Å². The van der Waals surface area contributed by atoms with Crippen molar-refractivity contribution >= 4 is 17.6 Å². The summed E-state index contributed by atoms with van der Waals surface area (Å²) in [6.45, 7) is 3.81. The summed E-state index contributed by atoms with van der Waals surface area (Å²) < 4.78 is 1.59. The number of carbonyl (C=O) groups is 2. The molecule has 2 N–H and O–H groups in total. The Morgan fingerprint density at radius 2 is 1.75 bits per heavy atom. The summed E-state index contributed by atoms with van der Waals surface area (Å²) in [6, 6.07) is 9.42. The Balaban J connectivity index is 2.33. The van der Waals surface area contributed by atoms with Gasteiger partial charge in [-0.25, -0.2) is 4.68 Å². The van der Waals surface area contributed by atoms with Crippen molar-refractivity contribution in [3.8, 4) is 5.69 Å². The quantitative estimate of drug-likeness (QED) is 0.806. The molecule has 1 aromatic heterocycles. The lowest BCUT2D eigenvalue weighted by atomic mass is 10.2. The molecule has 0 saturated heterocycles. The Morgan fingerprint density at radius 1 is 1.10 bits per heavy atom. The zero-order valence-corrected chi connectivity index (χ0v) is 11.6. The van der Waals surface area contributed by atoms with Gasteiger partial charge in [-0.3, -0.25) is 9.59 Å². The molecule has 1 heterocycles. The number of anilines is 1. The molecule has 104 valence electrons. The van der Waals surface area contributed by atoms with Crippen LogP contribution in [0.2, 0.25) is 0 Å². The standard InChI is InChI=1S/C14H16N4O2/c1-9-4-6-11(7-5-9)18-12(8-10(2)17-18)16-14(20)13(19)15-3/h4-8H,1-3H3,(H,15,19)(H,16,20). The van der Waals surface area contributed by atoms with E-state index >= 15 is 0 Å². The highest BCUT2D eigenvalue weighted by Crippen LogP contribution is 2.17. The average molecular weight is 272 g/mol. The first-order chi connectivity index (χ1) is 9.51. The van der Waals surface area contributed by atoms with Crippen molar-refractivity contribution in [2.75, 3.05) is 12.4 Å². The zero-order valence-electron chi connectivity index (χ0n) is 11.6. The van der Waals surface area contributed by atoms with Gasteiger partial charge in [-0.15, -0.1) is 0 Å². The fourth-order valence-electron chi connectivity index (χ4n) is 1.76. The van der Waals surface area contributed by atoms with Crippen LogP contribution in [0.15, 0.2) is 30.3 Å². The van der Waals surface area contributed by atoms with Crippen molar-refractivity contribution in [3.63, 3.8) is 0 Å². The van der Waals surface area contributed by atoms with Gasteiger partial charge in [-0.2, -0.15) is 5.10 Å². The summed E-state index contributed by atoms with van der Waals surface area (Å²) in [4.78, 5) is 22.9. The summed E-state index contributed by atoms with van der Waals surface area (Å²) in [5.74, 6) is -0.958. The van der Waals surface area contributed by atoms with Crippen LogP contribution in [0, 0.1) is 13.8 Å². The number of hydrogen-bond donors (Lipinski definition) is 2. The first kappa shape index (κ1) is 13.8. The predicted molar refractivity (Wildman–Crippen MR) is 75.7 cm³/mol. The molecule has 0 spiro atoms. The third-order valence-electron chi connectivity index (χ3n) is 2.78. The van der Waals surface area contributed by atoms with E-state index in [9.17, 15) is 9.59 Å². The summed E-state index contributed by atoms with van der Waals surface area (Å²) >= 11 is 0. The Hall–Kier alpha value is -2.63. The summed E-state index contributed by atoms with van der Waals surface area (Å²) in [7, 11) is 1.41. The molecule has 2 aromatic rings. The van der Waals surface area contributed by atoms with Crippen LogP contribution in [-0.2, 0) is 9.59 Å². The third kappa shape index (κ3) is 2.85. The first-order valence-corrected chi connectivity index (χ1v) is 6.18. The molecule has 0 aliphatic heterocycles. The highest BCUT2D eigenvalue weighted by atomic mass is 16.2. The van der Waals surface area contributed by atoms with Crippen molar-refractivity contribution in [1.82, 2.24) is 15.1 Å². The fourth-order valence-corrected chi connectivity index (χ4v) is 1.76. The number of aryl methyl sites for hydroxylation is 2. The SMILES string of the molecule is CNC(=O)C(=O)Nc1cc(C)nn1-c1ccc(C)cc1. The van der Waals surface area contributed by atoms with Crippen LogP contribution in [0.25, 0.3) is 5.69 Å². The van der Waals surface area contributed by atoms with Gasteiger partial charge in [0.15, 0.2) is 0 Å². The second kappa shape index (κ2) is 5.56. The lowest BCUT2D eigenvalue weighted by Gasteiger charge is -2.08. The topological polar surface area (TPSA) is 76.0 Å². The van der Waals surface area contributed by atoms with E-state index in [1.807, 2.05) is 38.1 Å². The van der Waals surface area contributed by atoms with Crippen molar-refractivity contribution in [1.29, 1.82) is 0 Å². The summed E-state index contributed by atoms with van der Waals surface area (Å²) in [5, 5.41) is 9.14. The molecule has 0 bridgehead atoms. The number of rotatable bonds is 2. The van der Waals surface area contributed by atoms with E-state index in [1.165, 1.54) is 7.05 Å². The van der Waals surface area contributed by atoms with E-state index in [0.717, 1.165) is 16.9 Å². The summed E-state index contributed by atoms with van der Waals surface area (Å²) in [6.07, 6.45) is 0. The number of carbonyl (C=O) groups excluding carboxylic acids is 2. The van der Waals surface area contributed by atoms with E-state index in [4.69, 9.17) is 0 Å². The van der Waals surface area contributed by atoms with E-state index in [-0.39, 0.29) is 0 Å². The van der Waals surface area contributed by atoms with Gasteiger partial charge in [0.05, 0.1) is 11.4 Å². The molecule has 2 rings (SSSR count). The van der Waals surface area contributed by atoms with Gasteiger partial charge in [0, 0.05) is 13.1 Å². The minimum Gasteiger partial charge on any atom is -0.351 e. The lowest BCUT2D eigenvalue weighted by Crippen LogP contribution is -2.33. The first-order valence-electron chi connectivity index (χ1n) is 6.18. The van der Waals surface area contributed by atoms with Gasteiger partial charge >= 0.3 is 11.8 Å². The van der Waals surface area contributed by atoms with Gasteiger partial charge in [0.1, 0.15) is 5.82 Å². The number of amides is 2.